The van der Waals surface area contributed by atoms with Crippen LogP contribution in [0.15, 0.2) is 18.3 Å². The molecule has 1 aromatic rings. The Hall–Kier alpha value is -2.65. The lowest BCUT2D eigenvalue weighted by atomic mass is 9.74. The van der Waals surface area contributed by atoms with Crippen LogP contribution >= 0.6 is 11.6 Å². The third-order valence-corrected chi connectivity index (χ3v) is 10.3. The van der Waals surface area contributed by atoms with Crippen LogP contribution in [-0.2, 0) is 24.0 Å². The molecule has 9 nitrogen and oxygen atoms in total. The molecule has 2 heterocycles. The number of hydrogen-bond donors (Lipinski definition) is 1. The lowest BCUT2D eigenvalue weighted by Gasteiger charge is -2.36. The van der Waals surface area contributed by atoms with Crippen LogP contribution in [-0.4, -0.2) is 63.7 Å². The van der Waals surface area contributed by atoms with Gasteiger partial charge in [-0.1, -0.05) is 65.0 Å². The average molecular weight is 658 g/mol. The standard InChI is InChI=1S/C36H52ClN3O6/c1-5-9-24(34(44)31(43)16-22-12-13-22)17-29(41)28-18-26(46-32-15-14-25(37)20-39-32)21-40(28)35(45)27(36(2,3)4)19-30(42)33(38)23-10-7-6-8-11-23/h14-15,20,22-24,26-28,33H,5-13,16-19,21,38H2,1-4H3/t24-,26-,27-,28+,33+/m1/s1. The molecule has 46 heavy (non-hydrogen) atoms. The summed E-state index contributed by atoms with van der Waals surface area (Å²) in [5.41, 5.74) is 5.89. The largest absolute Gasteiger partial charge is 0.472 e. The van der Waals surface area contributed by atoms with Crippen molar-refractivity contribution in [2.24, 2.45) is 34.8 Å². The van der Waals surface area contributed by atoms with Crippen LogP contribution in [0.1, 0.15) is 111 Å². The molecule has 5 atom stereocenters. The van der Waals surface area contributed by atoms with Crippen LogP contribution in [0.4, 0.5) is 0 Å². The zero-order valence-electron chi connectivity index (χ0n) is 28.0. The number of halogens is 1. The van der Waals surface area contributed by atoms with Gasteiger partial charge in [-0.15, -0.1) is 0 Å². The Labute approximate surface area is 278 Å². The first kappa shape index (κ1) is 36.2. The molecule has 1 aliphatic heterocycles. The minimum atomic E-state index is -0.859. The molecular formula is C36H52ClN3O6. The Bertz CT molecular complexity index is 1250. The molecule has 1 saturated heterocycles. The number of amides is 1. The van der Waals surface area contributed by atoms with E-state index in [0.717, 1.165) is 44.9 Å². The number of pyridine rings is 1. The Morgan fingerprint density at radius 1 is 1.04 bits per heavy atom. The zero-order valence-corrected chi connectivity index (χ0v) is 28.7. The summed E-state index contributed by atoms with van der Waals surface area (Å²) in [5.74, 6) is -2.27. The maximum absolute atomic E-state index is 14.4. The summed E-state index contributed by atoms with van der Waals surface area (Å²) in [7, 11) is 0. The van der Waals surface area contributed by atoms with E-state index in [9.17, 15) is 24.0 Å². The topological polar surface area (TPSA) is 137 Å². The molecule has 254 valence electrons. The first-order valence-corrected chi connectivity index (χ1v) is 17.6. The Morgan fingerprint density at radius 3 is 2.33 bits per heavy atom. The van der Waals surface area contributed by atoms with Crippen molar-refractivity contribution in [1.29, 1.82) is 0 Å². The number of hydrogen-bond acceptors (Lipinski definition) is 8. The molecule has 1 aromatic heterocycles. The van der Waals surface area contributed by atoms with Gasteiger partial charge in [-0.2, -0.15) is 0 Å². The number of rotatable bonds is 16. The summed E-state index contributed by atoms with van der Waals surface area (Å²) in [5, 5.41) is 0.454. The predicted molar refractivity (Wildman–Crippen MR) is 176 cm³/mol. The lowest BCUT2D eigenvalue weighted by molar-refractivity contribution is -0.147. The molecule has 0 radical (unpaired) electrons. The fourth-order valence-corrected chi connectivity index (χ4v) is 7.17. The molecule has 0 spiro atoms. The van der Waals surface area contributed by atoms with Crippen molar-refractivity contribution in [3.8, 4) is 5.88 Å². The number of carbonyl (C=O) groups excluding carboxylic acids is 5. The average Bonchev–Trinajstić information content (AvgIpc) is 3.74. The van der Waals surface area contributed by atoms with E-state index in [1.165, 1.54) is 11.1 Å². The van der Waals surface area contributed by atoms with Gasteiger partial charge in [-0.25, -0.2) is 4.98 Å². The molecule has 0 aromatic carbocycles. The first-order chi connectivity index (χ1) is 21.8. The molecule has 3 fully saturated rings. The van der Waals surface area contributed by atoms with E-state index in [1.54, 1.807) is 12.1 Å². The van der Waals surface area contributed by atoms with Crippen molar-refractivity contribution in [2.45, 2.75) is 129 Å². The van der Waals surface area contributed by atoms with Crippen molar-refractivity contribution in [3.05, 3.63) is 23.4 Å². The fourth-order valence-electron chi connectivity index (χ4n) is 7.06. The van der Waals surface area contributed by atoms with E-state index in [2.05, 4.69) is 4.98 Å². The quantitative estimate of drug-likeness (QED) is 0.216. The molecule has 0 bridgehead atoms. The second-order valence-corrected chi connectivity index (χ2v) is 15.3. The van der Waals surface area contributed by atoms with Gasteiger partial charge in [0.15, 0.2) is 17.3 Å². The van der Waals surface area contributed by atoms with E-state index < -0.39 is 47.0 Å². The Morgan fingerprint density at radius 2 is 1.74 bits per heavy atom. The second kappa shape index (κ2) is 16.0. The second-order valence-electron chi connectivity index (χ2n) is 14.9. The molecule has 2 N–H and O–H groups in total. The highest BCUT2D eigenvalue weighted by Crippen LogP contribution is 2.37. The summed E-state index contributed by atoms with van der Waals surface area (Å²) in [6, 6.07) is 1.81. The molecule has 10 heteroatoms. The van der Waals surface area contributed by atoms with Crippen LogP contribution in [0, 0.1) is 29.1 Å². The van der Waals surface area contributed by atoms with Crippen molar-refractivity contribution in [1.82, 2.24) is 9.88 Å². The third kappa shape index (κ3) is 9.69. The van der Waals surface area contributed by atoms with Crippen LogP contribution < -0.4 is 10.5 Å². The van der Waals surface area contributed by atoms with Gasteiger partial charge >= 0.3 is 0 Å². The third-order valence-electron chi connectivity index (χ3n) is 10.1. The minimum absolute atomic E-state index is 0.00567. The van der Waals surface area contributed by atoms with E-state index >= 15 is 0 Å². The molecule has 1 amide bonds. The van der Waals surface area contributed by atoms with Crippen molar-refractivity contribution in [2.75, 3.05) is 6.54 Å². The normalized spacial score (nSPS) is 22.6. The Kier molecular flexibility index (Phi) is 12.6. The van der Waals surface area contributed by atoms with Crippen LogP contribution in [0.25, 0.3) is 0 Å². The summed E-state index contributed by atoms with van der Waals surface area (Å²) in [4.78, 5) is 73.7. The van der Waals surface area contributed by atoms with Gasteiger partial charge in [-0.3, -0.25) is 24.0 Å². The van der Waals surface area contributed by atoms with E-state index in [4.69, 9.17) is 22.1 Å². The summed E-state index contributed by atoms with van der Waals surface area (Å²) >= 11 is 6.00. The van der Waals surface area contributed by atoms with Gasteiger partial charge in [-0.05, 0) is 55.4 Å². The summed E-state index contributed by atoms with van der Waals surface area (Å²) < 4.78 is 6.12. The number of nitrogens with two attached hydrogens (primary N) is 1. The molecule has 2 aliphatic carbocycles. The van der Waals surface area contributed by atoms with Crippen LogP contribution in [0.3, 0.4) is 0 Å². The number of carbonyl (C=O) groups is 5. The highest BCUT2D eigenvalue weighted by Gasteiger charge is 2.47. The van der Waals surface area contributed by atoms with Gasteiger partial charge < -0.3 is 15.4 Å². The lowest BCUT2D eigenvalue weighted by Crippen LogP contribution is -2.49. The van der Waals surface area contributed by atoms with E-state index in [1.807, 2.05) is 27.7 Å². The number of nitrogens with zero attached hydrogens (tertiary/aromatic N) is 2. The number of likely N-dealkylation sites (tertiary alicyclic amines) is 1. The van der Waals surface area contributed by atoms with Crippen LogP contribution in [0.2, 0.25) is 5.02 Å². The number of ketones is 4. The number of aromatic nitrogens is 1. The SMILES string of the molecule is CCC[C@H](CC(=O)[C@@H]1C[C@@H](Oc2ccc(Cl)cn2)CN1C(=O)[C@@H](CC(=O)[C@@H](N)C1CCCCC1)C(C)(C)C)C(=O)C(=O)CC1CC1. The van der Waals surface area contributed by atoms with Gasteiger partial charge in [0.25, 0.3) is 0 Å². The minimum Gasteiger partial charge on any atom is -0.472 e. The van der Waals surface area contributed by atoms with E-state index in [-0.39, 0.29) is 61.5 Å². The van der Waals surface area contributed by atoms with E-state index in [0.29, 0.717) is 23.7 Å². The summed E-state index contributed by atoms with van der Waals surface area (Å²) in [6.45, 7) is 7.83. The highest BCUT2D eigenvalue weighted by molar-refractivity contribution is 6.38. The van der Waals surface area contributed by atoms with Crippen molar-refractivity contribution >= 4 is 40.6 Å². The van der Waals surface area contributed by atoms with Gasteiger partial charge in [0.2, 0.25) is 17.6 Å². The molecule has 2 saturated carbocycles. The molecule has 0 unspecified atom stereocenters. The maximum atomic E-state index is 14.4. The van der Waals surface area contributed by atoms with Gasteiger partial charge in [0.05, 0.1) is 23.7 Å². The first-order valence-electron chi connectivity index (χ1n) is 17.2. The number of ether oxygens (including phenoxy) is 1. The smallest absolute Gasteiger partial charge is 0.227 e. The van der Waals surface area contributed by atoms with Crippen LogP contribution in [0.5, 0.6) is 5.88 Å². The van der Waals surface area contributed by atoms with Crippen molar-refractivity contribution in [3.63, 3.8) is 0 Å². The predicted octanol–water partition coefficient (Wildman–Crippen LogP) is 5.93. The summed E-state index contributed by atoms with van der Waals surface area (Å²) in [6.07, 6.45) is 9.37. The maximum Gasteiger partial charge on any atom is 0.227 e. The van der Waals surface area contributed by atoms with Crippen molar-refractivity contribution < 1.29 is 28.7 Å². The highest BCUT2D eigenvalue weighted by atomic mass is 35.5. The molecular weight excluding hydrogens is 606 g/mol. The monoisotopic (exact) mass is 657 g/mol. The van der Waals surface area contributed by atoms with Gasteiger partial charge in [0.1, 0.15) is 6.10 Å². The molecule has 3 aliphatic rings. The molecule has 4 rings (SSSR count). The Balaban J connectivity index is 1.55. The number of Topliss-reactive ketones (excluding diaryl/α,β-unsaturated/α-hetero) is 4. The fraction of sp³-hybridized carbons (Fsp3) is 0.722. The van der Waals surface area contributed by atoms with Gasteiger partial charge in [0, 0.05) is 49.8 Å². The zero-order chi connectivity index (χ0) is 33.6.